The van der Waals surface area contributed by atoms with E-state index < -0.39 is 0 Å². The topological polar surface area (TPSA) is 46.5 Å². The van der Waals surface area contributed by atoms with Crippen LogP contribution in [-0.2, 0) is 8.98 Å². The van der Waals surface area contributed by atoms with E-state index in [2.05, 4.69) is 4.18 Å². The van der Waals surface area contributed by atoms with Crippen LogP contribution >= 0.6 is 12.0 Å². The number of aliphatic hydroxyl groups excluding tert-OH is 1. The lowest BCUT2D eigenvalue weighted by atomic mass is 10.4. The Kier molecular flexibility index (Phi) is 1.43. The van der Waals surface area contributed by atoms with Crippen LogP contribution in [0.25, 0.3) is 0 Å². The van der Waals surface area contributed by atoms with E-state index in [1.807, 2.05) is 0 Å². The molecule has 4 heteroatoms. The number of hydrogen-bond donors (Lipinski definition) is 1. The minimum absolute atomic E-state index is 0.211. The Bertz CT molecular complexity index is 140. The summed E-state index contributed by atoms with van der Waals surface area (Å²) in [5.41, 5.74) is 0. The van der Waals surface area contributed by atoms with E-state index in [4.69, 9.17) is 5.11 Å². The van der Waals surface area contributed by atoms with Crippen molar-refractivity contribution in [3.63, 3.8) is 0 Å². The summed E-state index contributed by atoms with van der Waals surface area (Å²) in [4.78, 5) is 10.4. The SMILES string of the molecule is O=C1CSOC=C1O. The molecule has 1 rings (SSSR count). The van der Waals surface area contributed by atoms with Gasteiger partial charge in [0.05, 0.1) is 17.8 Å². The van der Waals surface area contributed by atoms with Gasteiger partial charge in [0.25, 0.3) is 0 Å². The number of hydrogen-bond acceptors (Lipinski definition) is 4. The Morgan fingerprint density at radius 2 is 2.62 bits per heavy atom. The Morgan fingerprint density at radius 1 is 1.88 bits per heavy atom. The molecule has 0 saturated heterocycles. The highest BCUT2D eigenvalue weighted by molar-refractivity contribution is 7.95. The van der Waals surface area contributed by atoms with Crippen molar-refractivity contribution in [2.24, 2.45) is 0 Å². The quantitative estimate of drug-likeness (QED) is 0.491. The molecule has 1 aliphatic heterocycles. The van der Waals surface area contributed by atoms with Crippen molar-refractivity contribution >= 4 is 17.8 Å². The lowest BCUT2D eigenvalue weighted by Crippen LogP contribution is -2.08. The first-order valence-electron chi connectivity index (χ1n) is 2.01. The largest absolute Gasteiger partial charge is 0.502 e. The molecule has 0 aromatic heterocycles. The molecular weight excluding hydrogens is 128 g/mol. The molecule has 0 fully saturated rings. The van der Waals surface area contributed by atoms with Crippen LogP contribution in [0.15, 0.2) is 12.0 Å². The van der Waals surface area contributed by atoms with Crippen LogP contribution in [0.1, 0.15) is 0 Å². The van der Waals surface area contributed by atoms with E-state index in [9.17, 15) is 4.79 Å². The second-order valence-electron chi connectivity index (χ2n) is 1.28. The van der Waals surface area contributed by atoms with Crippen molar-refractivity contribution in [3.8, 4) is 0 Å². The predicted molar refractivity (Wildman–Crippen MR) is 29.3 cm³/mol. The van der Waals surface area contributed by atoms with Crippen LogP contribution in [0, 0.1) is 0 Å². The maximum Gasteiger partial charge on any atom is 0.213 e. The summed E-state index contributed by atoms with van der Waals surface area (Å²) >= 11 is 1.02. The molecule has 3 nitrogen and oxygen atoms in total. The van der Waals surface area contributed by atoms with Crippen molar-refractivity contribution in [2.75, 3.05) is 5.75 Å². The van der Waals surface area contributed by atoms with Crippen molar-refractivity contribution in [2.45, 2.75) is 0 Å². The fourth-order valence-electron chi connectivity index (χ4n) is 0.307. The Balaban J connectivity index is 2.67. The minimum atomic E-state index is -0.288. The summed E-state index contributed by atoms with van der Waals surface area (Å²) in [6, 6.07) is 0. The summed E-state index contributed by atoms with van der Waals surface area (Å²) in [6.45, 7) is 0. The number of rotatable bonds is 0. The zero-order valence-electron chi connectivity index (χ0n) is 3.96. The maximum atomic E-state index is 10.4. The summed E-state index contributed by atoms with van der Waals surface area (Å²) in [5, 5.41) is 8.55. The van der Waals surface area contributed by atoms with E-state index in [0.717, 1.165) is 18.3 Å². The van der Waals surface area contributed by atoms with Crippen LogP contribution in [0.5, 0.6) is 0 Å². The van der Waals surface area contributed by atoms with Gasteiger partial charge in [-0.25, -0.2) is 0 Å². The molecule has 0 bridgehead atoms. The molecule has 8 heavy (non-hydrogen) atoms. The van der Waals surface area contributed by atoms with Crippen LogP contribution < -0.4 is 0 Å². The highest BCUT2D eigenvalue weighted by Gasteiger charge is 2.12. The van der Waals surface area contributed by atoms with Crippen molar-refractivity contribution in [3.05, 3.63) is 12.0 Å². The third kappa shape index (κ3) is 0.949. The fourth-order valence-corrected chi connectivity index (χ4v) is 0.789. The highest BCUT2D eigenvalue weighted by atomic mass is 32.2. The fraction of sp³-hybridized carbons (Fsp3) is 0.250. The number of aliphatic hydroxyl groups is 1. The van der Waals surface area contributed by atoms with Gasteiger partial charge in [-0.3, -0.25) is 4.79 Å². The molecule has 1 aliphatic rings. The van der Waals surface area contributed by atoms with Gasteiger partial charge < -0.3 is 9.29 Å². The molecular formula is C4H4O3S. The molecule has 0 aromatic carbocycles. The Morgan fingerprint density at radius 3 is 3.00 bits per heavy atom. The molecule has 0 saturated carbocycles. The van der Waals surface area contributed by atoms with Crippen molar-refractivity contribution in [1.82, 2.24) is 0 Å². The standard InChI is InChI=1S/C4H4O3S/c5-3-1-7-8-2-4(3)6/h1,5H,2H2. The lowest BCUT2D eigenvalue weighted by molar-refractivity contribution is -0.116. The van der Waals surface area contributed by atoms with Gasteiger partial charge in [-0.15, -0.1) is 0 Å². The first kappa shape index (κ1) is 5.50. The summed E-state index contributed by atoms with van der Waals surface area (Å²) in [7, 11) is 0. The number of ketones is 1. The van der Waals surface area contributed by atoms with Gasteiger partial charge in [0.1, 0.15) is 6.26 Å². The van der Waals surface area contributed by atoms with Gasteiger partial charge in [-0.2, -0.15) is 0 Å². The van der Waals surface area contributed by atoms with Crippen LogP contribution in [-0.4, -0.2) is 16.6 Å². The van der Waals surface area contributed by atoms with E-state index in [1.54, 1.807) is 0 Å². The monoisotopic (exact) mass is 132 g/mol. The van der Waals surface area contributed by atoms with Gasteiger partial charge in [-0.1, -0.05) is 0 Å². The first-order chi connectivity index (χ1) is 3.80. The number of allylic oxidation sites excluding steroid dienone is 1. The van der Waals surface area contributed by atoms with Gasteiger partial charge in [0, 0.05) is 0 Å². The van der Waals surface area contributed by atoms with E-state index >= 15 is 0 Å². The van der Waals surface area contributed by atoms with Gasteiger partial charge in [-0.05, 0) is 0 Å². The molecule has 0 amide bonds. The van der Waals surface area contributed by atoms with Gasteiger partial charge in [0.2, 0.25) is 5.78 Å². The molecule has 44 valence electrons. The summed E-state index contributed by atoms with van der Waals surface area (Å²) in [6.07, 6.45) is 1.04. The summed E-state index contributed by atoms with van der Waals surface area (Å²) < 4.78 is 4.54. The van der Waals surface area contributed by atoms with Crippen LogP contribution in [0.4, 0.5) is 0 Å². The number of Topliss-reactive ketones (excluding diaryl/α,β-unsaturated/α-hetero) is 1. The molecule has 0 aliphatic carbocycles. The molecule has 0 unspecified atom stereocenters. The normalized spacial score (nSPS) is 19.5. The Labute approximate surface area is 50.5 Å². The first-order valence-corrected chi connectivity index (χ1v) is 2.92. The molecule has 1 heterocycles. The maximum absolute atomic E-state index is 10.4. The number of carbonyl (C=O) groups excluding carboxylic acids is 1. The smallest absolute Gasteiger partial charge is 0.213 e. The molecule has 0 radical (unpaired) electrons. The highest BCUT2D eigenvalue weighted by Crippen LogP contribution is 2.12. The minimum Gasteiger partial charge on any atom is -0.502 e. The second-order valence-corrected chi connectivity index (χ2v) is 2.00. The third-order valence-electron chi connectivity index (χ3n) is 0.703. The van der Waals surface area contributed by atoms with E-state index in [-0.39, 0.29) is 17.3 Å². The predicted octanol–water partition coefficient (Wildman–Crippen LogP) is 0.633. The zero-order valence-corrected chi connectivity index (χ0v) is 4.77. The van der Waals surface area contributed by atoms with E-state index in [1.165, 1.54) is 0 Å². The lowest BCUT2D eigenvalue weighted by Gasteiger charge is -2.03. The summed E-state index contributed by atoms with van der Waals surface area (Å²) in [5.74, 6) is -0.354. The third-order valence-corrected chi connectivity index (χ3v) is 1.32. The second kappa shape index (κ2) is 2.09. The molecule has 0 atom stereocenters. The number of carbonyl (C=O) groups is 1. The van der Waals surface area contributed by atoms with Crippen molar-refractivity contribution in [1.29, 1.82) is 0 Å². The van der Waals surface area contributed by atoms with Crippen LogP contribution in [0.2, 0.25) is 0 Å². The molecule has 0 aromatic rings. The zero-order chi connectivity index (χ0) is 5.98. The van der Waals surface area contributed by atoms with Crippen LogP contribution in [0.3, 0.4) is 0 Å². The molecule has 0 spiro atoms. The van der Waals surface area contributed by atoms with Gasteiger partial charge in [0.15, 0.2) is 5.76 Å². The average molecular weight is 132 g/mol. The Hall–Kier alpha value is -0.640. The van der Waals surface area contributed by atoms with Crippen molar-refractivity contribution < 1.29 is 14.1 Å². The molecule has 1 N–H and O–H groups in total. The average Bonchev–Trinajstić information content (AvgIpc) is 1.77. The van der Waals surface area contributed by atoms with E-state index in [0.29, 0.717) is 0 Å². The van der Waals surface area contributed by atoms with Gasteiger partial charge >= 0.3 is 0 Å².